The number of halogens is 3. The Morgan fingerprint density at radius 2 is 1.62 bits per heavy atom. The van der Waals surface area contributed by atoms with E-state index in [1.54, 1.807) is 24.3 Å². The number of alkyl halides is 3. The third kappa shape index (κ3) is 6.65. The Labute approximate surface area is 228 Å². The number of sulfone groups is 1. The van der Waals surface area contributed by atoms with Crippen LogP contribution in [0.2, 0.25) is 0 Å². The van der Waals surface area contributed by atoms with Gasteiger partial charge in [0.15, 0.2) is 9.84 Å². The number of hydrogen-bond donors (Lipinski definition) is 1. The highest BCUT2D eigenvalue weighted by atomic mass is 32.2. The van der Waals surface area contributed by atoms with E-state index in [4.69, 9.17) is 5.26 Å². The fourth-order valence-corrected chi connectivity index (χ4v) is 4.61. The van der Waals surface area contributed by atoms with Gasteiger partial charge in [0.05, 0.1) is 22.1 Å². The van der Waals surface area contributed by atoms with Crippen molar-refractivity contribution in [2.45, 2.75) is 24.2 Å². The van der Waals surface area contributed by atoms with Crippen LogP contribution >= 0.6 is 0 Å². The molecule has 0 aliphatic rings. The molecular weight excluding hydrogens is 543 g/mol. The number of nitrogens with one attached hydrogen (secondary N) is 1. The zero-order valence-corrected chi connectivity index (χ0v) is 21.9. The molecule has 4 rings (SSSR count). The van der Waals surface area contributed by atoms with Crippen LogP contribution < -0.4 is 10.7 Å². The summed E-state index contributed by atoms with van der Waals surface area (Å²) in [5, 5.41) is 11.6. The lowest BCUT2D eigenvalue weighted by atomic mass is 10.0. The minimum Gasteiger partial charge on any atom is -0.348 e. The van der Waals surface area contributed by atoms with Crippen LogP contribution in [-0.2, 0) is 29.1 Å². The highest BCUT2D eigenvalue weighted by molar-refractivity contribution is 7.90. The molecule has 0 aliphatic carbocycles. The highest BCUT2D eigenvalue weighted by Gasteiger charge is 2.30. The maximum absolute atomic E-state index is 13.4. The van der Waals surface area contributed by atoms with Crippen LogP contribution in [0, 0.1) is 11.3 Å². The second kappa shape index (κ2) is 11.2. The summed E-state index contributed by atoms with van der Waals surface area (Å²) < 4.78 is 65.0. The molecule has 40 heavy (non-hydrogen) atoms. The number of carbonyl (C=O) groups is 1. The van der Waals surface area contributed by atoms with E-state index < -0.39 is 32.9 Å². The number of carbonyl (C=O) groups excluding carboxylic acids is 1. The number of nitriles is 1. The Balaban J connectivity index is 1.70. The average Bonchev–Trinajstić information content (AvgIpc) is 2.92. The van der Waals surface area contributed by atoms with Gasteiger partial charge in [0, 0.05) is 37.3 Å². The highest BCUT2D eigenvalue weighted by Crippen LogP contribution is 2.31. The number of nitrogens with zero attached hydrogens (tertiary/aromatic N) is 2. The molecule has 1 N–H and O–H groups in total. The molecule has 1 heterocycles. The Morgan fingerprint density at radius 3 is 2.23 bits per heavy atom. The zero-order chi connectivity index (χ0) is 29.1. The lowest BCUT2D eigenvalue weighted by Crippen LogP contribution is -2.30. The summed E-state index contributed by atoms with van der Waals surface area (Å²) in [6.45, 7) is 0.150. The van der Waals surface area contributed by atoms with Crippen molar-refractivity contribution in [3.63, 3.8) is 0 Å². The van der Waals surface area contributed by atoms with E-state index in [2.05, 4.69) is 5.32 Å². The molecule has 0 radical (unpaired) electrons. The first-order valence-electron chi connectivity index (χ1n) is 11.8. The maximum atomic E-state index is 13.4. The van der Waals surface area contributed by atoms with Gasteiger partial charge in [-0.05, 0) is 53.1 Å². The molecule has 0 unspecified atom stereocenters. The largest absolute Gasteiger partial charge is 0.416 e. The van der Waals surface area contributed by atoms with Crippen molar-refractivity contribution in [3.05, 3.63) is 123 Å². The normalized spacial score (nSPS) is 11.6. The molecule has 7 nitrogen and oxygen atoms in total. The standard InChI is InChI=1S/C29H22F3N3O4S/c1-40(38,39)24-11-9-20(10-12-24)15-34-28(37)26-18-35(16-21-7-5-19(14-33)6-8-21)17-25(27(26)36)22-3-2-4-23(13-22)29(30,31)32/h2-13,17-18H,15-16H2,1H3,(H,34,37). The van der Waals surface area contributed by atoms with Crippen molar-refractivity contribution in [2.75, 3.05) is 6.26 Å². The van der Waals surface area contributed by atoms with Crippen LogP contribution in [-0.4, -0.2) is 25.1 Å². The van der Waals surface area contributed by atoms with Crippen molar-refractivity contribution in [3.8, 4) is 17.2 Å². The van der Waals surface area contributed by atoms with Crippen LogP contribution in [0.3, 0.4) is 0 Å². The molecule has 11 heteroatoms. The molecule has 3 aromatic carbocycles. The Morgan fingerprint density at radius 1 is 0.975 bits per heavy atom. The average molecular weight is 566 g/mol. The predicted molar refractivity (Wildman–Crippen MR) is 142 cm³/mol. The number of aromatic nitrogens is 1. The maximum Gasteiger partial charge on any atom is 0.416 e. The van der Waals surface area contributed by atoms with E-state index in [1.807, 2.05) is 6.07 Å². The van der Waals surface area contributed by atoms with Gasteiger partial charge in [0.1, 0.15) is 5.56 Å². The summed E-state index contributed by atoms with van der Waals surface area (Å²) in [7, 11) is -3.40. The lowest BCUT2D eigenvalue weighted by Gasteiger charge is -2.14. The molecule has 0 atom stereocenters. The van der Waals surface area contributed by atoms with Crippen LogP contribution in [0.5, 0.6) is 0 Å². The molecule has 204 valence electrons. The van der Waals surface area contributed by atoms with Gasteiger partial charge in [-0.3, -0.25) is 9.59 Å². The molecule has 1 amide bonds. The van der Waals surface area contributed by atoms with Gasteiger partial charge in [-0.15, -0.1) is 0 Å². The van der Waals surface area contributed by atoms with E-state index in [0.29, 0.717) is 11.1 Å². The number of rotatable bonds is 7. The van der Waals surface area contributed by atoms with Crippen LogP contribution in [0.1, 0.15) is 32.6 Å². The molecule has 0 spiro atoms. The van der Waals surface area contributed by atoms with Crippen molar-refractivity contribution >= 4 is 15.7 Å². The van der Waals surface area contributed by atoms with Gasteiger partial charge in [-0.25, -0.2) is 8.42 Å². The fraction of sp³-hybridized carbons (Fsp3) is 0.138. The van der Waals surface area contributed by atoms with Crippen LogP contribution in [0.25, 0.3) is 11.1 Å². The third-order valence-corrected chi connectivity index (χ3v) is 7.21. The summed E-state index contributed by atoms with van der Waals surface area (Å²) in [6.07, 6.45) is -0.848. The quantitative estimate of drug-likeness (QED) is 0.347. The van der Waals surface area contributed by atoms with E-state index in [1.165, 1.54) is 53.4 Å². The molecule has 4 aromatic rings. The second-order valence-electron chi connectivity index (χ2n) is 9.07. The SMILES string of the molecule is CS(=O)(=O)c1ccc(CNC(=O)c2cn(Cc3ccc(C#N)cc3)cc(-c3cccc(C(F)(F)F)c3)c2=O)cc1. The van der Waals surface area contributed by atoms with E-state index in [9.17, 15) is 31.2 Å². The first-order valence-corrected chi connectivity index (χ1v) is 13.7. The first kappa shape index (κ1) is 28.3. The molecule has 0 saturated carbocycles. The van der Waals surface area contributed by atoms with Crippen molar-refractivity contribution in [2.24, 2.45) is 0 Å². The molecule has 0 aliphatic heterocycles. The number of amides is 1. The van der Waals surface area contributed by atoms with Gasteiger partial charge in [0.2, 0.25) is 5.43 Å². The summed E-state index contributed by atoms with van der Waals surface area (Å²) in [5.74, 6) is -0.750. The molecule has 0 fully saturated rings. The van der Waals surface area contributed by atoms with E-state index in [-0.39, 0.29) is 34.7 Å². The Hall–Kier alpha value is -4.69. The zero-order valence-electron chi connectivity index (χ0n) is 21.1. The van der Waals surface area contributed by atoms with Gasteiger partial charge < -0.3 is 9.88 Å². The lowest BCUT2D eigenvalue weighted by molar-refractivity contribution is -0.137. The Bertz CT molecular complexity index is 1770. The first-order chi connectivity index (χ1) is 18.8. The minimum atomic E-state index is -4.63. The second-order valence-corrected chi connectivity index (χ2v) is 11.1. The molecule has 0 bridgehead atoms. The topological polar surface area (TPSA) is 109 Å². The fourth-order valence-electron chi connectivity index (χ4n) is 3.98. The van der Waals surface area contributed by atoms with Gasteiger partial charge >= 0.3 is 6.18 Å². The van der Waals surface area contributed by atoms with Gasteiger partial charge in [-0.2, -0.15) is 18.4 Å². The van der Waals surface area contributed by atoms with Crippen LogP contribution in [0.15, 0.2) is 94.9 Å². The van der Waals surface area contributed by atoms with Crippen molar-refractivity contribution < 1.29 is 26.4 Å². The smallest absolute Gasteiger partial charge is 0.348 e. The summed E-state index contributed by atoms with van der Waals surface area (Å²) >= 11 is 0. The third-order valence-electron chi connectivity index (χ3n) is 6.08. The number of hydrogen-bond acceptors (Lipinski definition) is 5. The monoisotopic (exact) mass is 565 g/mol. The predicted octanol–water partition coefficient (Wildman–Crippen LogP) is 4.79. The van der Waals surface area contributed by atoms with E-state index >= 15 is 0 Å². The summed E-state index contributed by atoms with van der Waals surface area (Å²) in [6, 6.07) is 18.8. The molecule has 1 aromatic heterocycles. The van der Waals surface area contributed by atoms with Crippen LogP contribution in [0.4, 0.5) is 13.2 Å². The Kier molecular flexibility index (Phi) is 7.93. The minimum absolute atomic E-state index is 0.000540. The van der Waals surface area contributed by atoms with Gasteiger partial charge in [0.25, 0.3) is 5.91 Å². The molecule has 0 saturated heterocycles. The molecular formula is C29H22F3N3O4S. The summed E-state index contributed by atoms with van der Waals surface area (Å²) in [4.78, 5) is 26.6. The summed E-state index contributed by atoms with van der Waals surface area (Å²) in [5.41, 5.74) is -0.308. The number of pyridine rings is 1. The number of benzene rings is 3. The van der Waals surface area contributed by atoms with Crippen molar-refractivity contribution in [1.82, 2.24) is 9.88 Å². The van der Waals surface area contributed by atoms with Gasteiger partial charge in [-0.1, -0.05) is 36.4 Å². The van der Waals surface area contributed by atoms with E-state index in [0.717, 1.165) is 24.0 Å². The van der Waals surface area contributed by atoms with Crippen molar-refractivity contribution in [1.29, 1.82) is 5.26 Å².